The lowest BCUT2D eigenvalue weighted by atomic mass is 10.3. The molecule has 0 aliphatic carbocycles. The molecule has 0 amide bonds. The molecule has 0 fully saturated rings. The number of ether oxygens (including phenoxy) is 1. The Balaban J connectivity index is 1.42. The van der Waals surface area contributed by atoms with E-state index in [1.165, 1.54) is 11.3 Å². The van der Waals surface area contributed by atoms with Crippen molar-refractivity contribution in [3.05, 3.63) is 52.9 Å². The molecule has 0 saturated carbocycles. The number of hydrogen-bond acceptors (Lipinski definition) is 8. The van der Waals surface area contributed by atoms with Crippen LogP contribution >= 0.6 is 22.7 Å². The van der Waals surface area contributed by atoms with Gasteiger partial charge in [0.2, 0.25) is 5.82 Å². The average molecular weight is 370 g/mol. The normalized spacial score (nSPS) is 10.8. The lowest BCUT2D eigenvalue weighted by Gasteiger charge is -2.03. The van der Waals surface area contributed by atoms with Crippen LogP contribution in [0.4, 0.5) is 10.8 Å². The van der Waals surface area contributed by atoms with E-state index in [1.807, 2.05) is 47.2 Å². The van der Waals surface area contributed by atoms with Crippen molar-refractivity contribution in [3.63, 3.8) is 0 Å². The van der Waals surface area contributed by atoms with Crippen molar-refractivity contribution >= 4 is 33.5 Å². The van der Waals surface area contributed by atoms with Crippen LogP contribution in [0.15, 0.2) is 47.2 Å². The maximum absolute atomic E-state index is 5.16. The van der Waals surface area contributed by atoms with E-state index in [-0.39, 0.29) is 0 Å². The van der Waals surface area contributed by atoms with E-state index in [9.17, 15) is 0 Å². The summed E-state index contributed by atoms with van der Waals surface area (Å²) in [6.07, 6.45) is 0. The van der Waals surface area contributed by atoms with Crippen LogP contribution in [0, 0.1) is 0 Å². The molecule has 0 radical (unpaired) electrons. The first kappa shape index (κ1) is 15.7. The van der Waals surface area contributed by atoms with Crippen molar-refractivity contribution in [1.29, 1.82) is 0 Å². The van der Waals surface area contributed by atoms with Crippen LogP contribution in [0.3, 0.4) is 0 Å². The molecule has 3 aromatic heterocycles. The predicted molar refractivity (Wildman–Crippen MR) is 98.6 cm³/mol. The zero-order chi connectivity index (χ0) is 17.1. The van der Waals surface area contributed by atoms with E-state index in [2.05, 4.69) is 25.7 Å². The minimum atomic E-state index is 0.485. The second kappa shape index (κ2) is 6.99. The Morgan fingerprint density at radius 3 is 2.80 bits per heavy atom. The predicted octanol–water partition coefficient (Wildman–Crippen LogP) is 3.66. The van der Waals surface area contributed by atoms with Gasteiger partial charge >= 0.3 is 0 Å². The first-order valence-electron chi connectivity index (χ1n) is 7.47. The van der Waals surface area contributed by atoms with E-state index in [0.717, 1.165) is 27.1 Å². The molecule has 0 spiro atoms. The summed E-state index contributed by atoms with van der Waals surface area (Å²) in [6.45, 7) is 0.485. The summed E-state index contributed by atoms with van der Waals surface area (Å²) in [5, 5.41) is 20.6. The van der Waals surface area contributed by atoms with Gasteiger partial charge in [0.1, 0.15) is 12.3 Å². The summed E-state index contributed by atoms with van der Waals surface area (Å²) >= 11 is 3.13. The number of benzene rings is 1. The van der Waals surface area contributed by atoms with Crippen LogP contribution in [-0.2, 0) is 6.54 Å². The van der Waals surface area contributed by atoms with Crippen LogP contribution in [0.5, 0.6) is 5.75 Å². The maximum Gasteiger partial charge on any atom is 0.214 e. The van der Waals surface area contributed by atoms with E-state index in [4.69, 9.17) is 4.74 Å². The van der Waals surface area contributed by atoms with Crippen LogP contribution in [0.2, 0.25) is 0 Å². The summed E-state index contributed by atoms with van der Waals surface area (Å²) in [4.78, 5) is 7.13. The minimum Gasteiger partial charge on any atom is -0.497 e. The molecule has 126 valence electrons. The fourth-order valence-electron chi connectivity index (χ4n) is 2.19. The van der Waals surface area contributed by atoms with Crippen molar-refractivity contribution < 1.29 is 4.74 Å². The molecule has 0 saturated heterocycles. The van der Waals surface area contributed by atoms with E-state index < -0.39 is 0 Å². The molecule has 7 nitrogen and oxygen atoms in total. The zero-order valence-electron chi connectivity index (χ0n) is 13.3. The minimum absolute atomic E-state index is 0.485. The van der Waals surface area contributed by atoms with E-state index in [0.29, 0.717) is 12.4 Å². The Labute approximate surface area is 151 Å². The van der Waals surface area contributed by atoms with Gasteiger partial charge < -0.3 is 10.1 Å². The van der Waals surface area contributed by atoms with Gasteiger partial charge in [-0.05, 0) is 40.9 Å². The van der Waals surface area contributed by atoms with Gasteiger partial charge in [-0.25, -0.2) is 4.98 Å². The second-order valence-electron chi connectivity index (χ2n) is 5.12. The van der Waals surface area contributed by atoms with Crippen LogP contribution in [0.25, 0.3) is 10.7 Å². The fourth-order valence-corrected chi connectivity index (χ4v) is 3.56. The fraction of sp³-hybridized carbons (Fsp3) is 0.125. The molecule has 9 heteroatoms. The monoisotopic (exact) mass is 370 g/mol. The van der Waals surface area contributed by atoms with Gasteiger partial charge in [-0.2, -0.15) is 4.80 Å². The Kier molecular flexibility index (Phi) is 4.40. The molecule has 4 rings (SSSR count). The largest absolute Gasteiger partial charge is 0.497 e. The maximum atomic E-state index is 5.16. The third-order valence-corrected chi connectivity index (χ3v) is 5.06. The first-order chi connectivity index (χ1) is 12.3. The van der Waals surface area contributed by atoms with Crippen molar-refractivity contribution in [2.24, 2.45) is 0 Å². The van der Waals surface area contributed by atoms with E-state index in [1.54, 1.807) is 23.2 Å². The van der Waals surface area contributed by atoms with Gasteiger partial charge in [0, 0.05) is 11.1 Å². The first-order valence-corrected chi connectivity index (χ1v) is 9.23. The SMILES string of the molecule is COc1ccc(Nc2nc(Cn3nnc(-c4cccs4)n3)cs2)cc1. The number of methoxy groups -OCH3 is 1. The zero-order valence-corrected chi connectivity index (χ0v) is 14.9. The molecular weight excluding hydrogens is 356 g/mol. The number of nitrogens with zero attached hydrogens (tertiary/aromatic N) is 5. The lowest BCUT2D eigenvalue weighted by molar-refractivity contribution is 0.415. The Morgan fingerprint density at radius 1 is 1.16 bits per heavy atom. The highest BCUT2D eigenvalue weighted by Crippen LogP contribution is 2.23. The van der Waals surface area contributed by atoms with Gasteiger partial charge in [0.15, 0.2) is 5.13 Å². The number of nitrogens with one attached hydrogen (secondary N) is 1. The molecule has 1 aromatic carbocycles. The van der Waals surface area contributed by atoms with Gasteiger partial charge in [0.05, 0.1) is 17.7 Å². The van der Waals surface area contributed by atoms with Crippen LogP contribution < -0.4 is 10.1 Å². The van der Waals surface area contributed by atoms with Gasteiger partial charge in [-0.3, -0.25) is 0 Å². The summed E-state index contributed by atoms with van der Waals surface area (Å²) in [5.41, 5.74) is 1.84. The lowest BCUT2D eigenvalue weighted by Crippen LogP contribution is -2.04. The van der Waals surface area contributed by atoms with Gasteiger partial charge in [-0.1, -0.05) is 6.07 Å². The van der Waals surface area contributed by atoms with Crippen molar-refractivity contribution in [2.45, 2.75) is 6.54 Å². The molecule has 0 bridgehead atoms. The molecule has 0 aliphatic heterocycles. The van der Waals surface area contributed by atoms with Gasteiger partial charge in [-0.15, -0.1) is 32.9 Å². The second-order valence-corrected chi connectivity index (χ2v) is 6.92. The summed E-state index contributed by atoms with van der Waals surface area (Å²) in [6, 6.07) is 11.7. The standard InChI is InChI=1S/C16H14N6OS2/c1-23-13-6-4-11(5-7-13)17-16-18-12(10-25-16)9-22-20-15(19-21-22)14-3-2-8-24-14/h2-8,10H,9H2,1H3,(H,17,18). The number of anilines is 2. The average Bonchev–Trinajstić information content (AvgIpc) is 3.37. The summed E-state index contributed by atoms with van der Waals surface area (Å²) in [7, 11) is 1.65. The van der Waals surface area contributed by atoms with Crippen molar-refractivity contribution in [2.75, 3.05) is 12.4 Å². The molecule has 3 heterocycles. The number of thiazole rings is 1. The van der Waals surface area contributed by atoms with Crippen LogP contribution in [-0.4, -0.2) is 32.3 Å². The highest BCUT2D eigenvalue weighted by Gasteiger charge is 2.09. The summed E-state index contributed by atoms with van der Waals surface area (Å²) in [5.74, 6) is 1.46. The highest BCUT2D eigenvalue weighted by molar-refractivity contribution is 7.14. The molecule has 4 aromatic rings. The number of rotatable bonds is 6. The highest BCUT2D eigenvalue weighted by atomic mass is 32.1. The smallest absolute Gasteiger partial charge is 0.214 e. The van der Waals surface area contributed by atoms with Crippen molar-refractivity contribution in [3.8, 4) is 16.5 Å². The Bertz CT molecular complexity index is 945. The van der Waals surface area contributed by atoms with E-state index >= 15 is 0 Å². The number of hydrogen-bond donors (Lipinski definition) is 1. The third-order valence-electron chi connectivity index (χ3n) is 3.39. The van der Waals surface area contributed by atoms with Gasteiger partial charge in [0.25, 0.3) is 0 Å². The molecular formula is C16H14N6OS2. The Hall–Kier alpha value is -2.78. The number of tetrazole rings is 1. The molecule has 1 N–H and O–H groups in total. The topological polar surface area (TPSA) is 77.8 Å². The quantitative estimate of drug-likeness (QED) is 0.558. The molecule has 0 unspecified atom stereocenters. The van der Waals surface area contributed by atoms with Crippen molar-refractivity contribution in [1.82, 2.24) is 25.2 Å². The summed E-state index contributed by atoms with van der Waals surface area (Å²) < 4.78 is 5.16. The molecule has 0 aliphatic rings. The molecule has 25 heavy (non-hydrogen) atoms. The third kappa shape index (κ3) is 3.67. The number of thiophene rings is 1. The molecule has 0 atom stereocenters. The number of aromatic nitrogens is 5. The van der Waals surface area contributed by atoms with Crippen LogP contribution in [0.1, 0.15) is 5.69 Å². The Morgan fingerprint density at radius 2 is 2.04 bits per heavy atom.